The summed E-state index contributed by atoms with van der Waals surface area (Å²) in [5.41, 5.74) is 1.01. The maximum atomic E-state index is 9.42. The molecule has 2 N–H and O–H groups in total. The molecule has 2 nitrogen and oxygen atoms in total. The van der Waals surface area contributed by atoms with E-state index in [0.29, 0.717) is 0 Å². The zero-order chi connectivity index (χ0) is 16.8. The largest absolute Gasteiger partial charge is 0.508 e. The average molecular weight is 314 g/mol. The number of aryl methyl sites for hydroxylation is 1. The van der Waals surface area contributed by atoms with Crippen LogP contribution in [0.2, 0.25) is 0 Å². The Morgan fingerprint density at radius 3 is 2.09 bits per heavy atom. The summed E-state index contributed by atoms with van der Waals surface area (Å²) in [5, 5.41) is 18.8. The molecule has 0 bridgehead atoms. The van der Waals surface area contributed by atoms with Gasteiger partial charge in [0.05, 0.1) is 0 Å². The first kappa shape index (κ1) is 19.1. The second kappa shape index (κ2) is 12.6. The first-order valence-corrected chi connectivity index (χ1v) is 8.65. The van der Waals surface area contributed by atoms with Gasteiger partial charge < -0.3 is 10.2 Å². The fourth-order valence-electron chi connectivity index (χ4n) is 2.50. The molecule has 0 saturated heterocycles. The topological polar surface area (TPSA) is 40.5 Å². The van der Waals surface area contributed by atoms with Crippen LogP contribution in [0.25, 0.3) is 0 Å². The predicted molar refractivity (Wildman–Crippen MR) is 98.9 cm³/mol. The molecule has 0 spiro atoms. The molecule has 0 saturated carbocycles. The van der Waals surface area contributed by atoms with Crippen molar-refractivity contribution in [3.8, 4) is 11.5 Å². The molecular weight excluding hydrogens is 284 g/mol. The molecule has 0 atom stereocenters. The Balaban J connectivity index is 1.97. The number of aromatic hydroxyl groups is 2. The van der Waals surface area contributed by atoms with E-state index in [1.54, 1.807) is 12.1 Å². The van der Waals surface area contributed by atoms with Gasteiger partial charge in [-0.05, 0) is 56.2 Å². The van der Waals surface area contributed by atoms with Crippen LogP contribution in [0.4, 0.5) is 0 Å². The van der Waals surface area contributed by atoms with Crippen LogP contribution >= 0.6 is 0 Å². The van der Waals surface area contributed by atoms with Crippen molar-refractivity contribution in [3.05, 3.63) is 60.7 Å². The molecule has 23 heavy (non-hydrogen) atoms. The van der Waals surface area contributed by atoms with Crippen LogP contribution in [0.5, 0.6) is 11.5 Å². The first-order chi connectivity index (χ1) is 11.2. The van der Waals surface area contributed by atoms with E-state index in [1.807, 2.05) is 6.08 Å². The van der Waals surface area contributed by atoms with Crippen LogP contribution in [0.15, 0.2) is 55.2 Å². The van der Waals surface area contributed by atoms with Crippen molar-refractivity contribution in [1.82, 2.24) is 0 Å². The van der Waals surface area contributed by atoms with Crippen LogP contribution in [0, 0.1) is 0 Å². The molecule has 1 aromatic carbocycles. The Labute approximate surface area is 140 Å². The molecule has 0 heterocycles. The van der Waals surface area contributed by atoms with E-state index in [4.69, 9.17) is 0 Å². The monoisotopic (exact) mass is 314 g/mol. The third kappa shape index (κ3) is 10.4. The van der Waals surface area contributed by atoms with E-state index in [2.05, 4.69) is 30.9 Å². The zero-order valence-electron chi connectivity index (χ0n) is 14.1. The van der Waals surface area contributed by atoms with Crippen molar-refractivity contribution < 1.29 is 10.2 Å². The van der Waals surface area contributed by atoms with Crippen molar-refractivity contribution in [2.45, 2.75) is 57.8 Å². The van der Waals surface area contributed by atoms with E-state index < -0.39 is 0 Å². The molecule has 1 aromatic rings. The molecule has 0 fully saturated rings. The highest BCUT2D eigenvalue weighted by atomic mass is 16.3. The molecule has 0 aromatic heterocycles. The minimum atomic E-state index is 0.145. The highest BCUT2D eigenvalue weighted by Gasteiger charge is 1.99. The molecule has 0 amide bonds. The summed E-state index contributed by atoms with van der Waals surface area (Å²) in [6.45, 7) is 3.68. The van der Waals surface area contributed by atoms with Gasteiger partial charge in [0.2, 0.25) is 0 Å². The van der Waals surface area contributed by atoms with E-state index >= 15 is 0 Å². The van der Waals surface area contributed by atoms with Crippen molar-refractivity contribution in [2.24, 2.45) is 0 Å². The number of hydrogen-bond acceptors (Lipinski definition) is 2. The lowest BCUT2D eigenvalue weighted by molar-refractivity contribution is 0.449. The van der Waals surface area contributed by atoms with Crippen molar-refractivity contribution >= 4 is 0 Å². The van der Waals surface area contributed by atoms with E-state index in [-0.39, 0.29) is 11.5 Å². The summed E-state index contributed by atoms with van der Waals surface area (Å²) < 4.78 is 0. The van der Waals surface area contributed by atoms with E-state index in [9.17, 15) is 10.2 Å². The third-order valence-corrected chi connectivity index (χ3v) is 3.71. The first-order valence-electron chi connectivity index (χ1n) is 8.65. The molecule has 126 valence electrons. The number of unbranched alkanes of at least 4 members (excludes halogenated alkanes) is 5. The number of rotatable bonds is 12. The average Bonchev–Trinajstić information content (AvgIpc) is 2.51. The predicted octanol–water partition coefficient (Wildman–Crippen LogP) is 6.06. The highest BCUT2D eigenvalue weighted by molar-refractivity contribution is 5.36. The van der Waals surface area contributed by atoms with Crippen molar-refractivity contribution in [1.29, 1.82) is 0 Å². The number of benzene rings is 1. The number of phenolic OH excluding ortho intramolecular Hbond substituents is 2. The summed E-state index contributed by atoms with van der Waals surface area (Å²) in [4.78, 5) is 0. The molecule has 0 unspecified atom stereocenters. The highest BCUT2D eigenvalue weighted by Crippen LogP contribution is 2.22. The van der Waals surface area contributed by atoms with Gasteiger partial charge in [-0.15, -0.1) is 6.58 Å². The van der Waals surface area contributed by atoms with Gasteiger partial charge in [-0.25, -0.2) is 0 Å². The minimum absolute atomic E-state index is 0.145. The molecule has 0 radical (unpaired) electrons. The van der Waals surface area contributed by atoms with Gasteiger partial charge in [-0.2, -0.15) is 0 Å². The molecule has 1 rings (SSSR count). The van der Waals surface area contributed by atoms with Gasteiger partial charge >= 0.3 is 0 Å². The third-order valence-electron chi connectivity index (χ3n) is 3.71. The van der Waals surface area contributed by atoms with Crippen LogP contribution in [-0.2, 0) is 6.42 Å². The van der Waals surface area contributed by atoms with Crippen LogP contribution in [0.1, 0.15) is 56.9 Å². The standard InChI is InChI=1S/C21H30O2/c1-2-3-4-5-6-7-8-9-10-11-12-13-14-15-19-16-20(22)18-21(23)17-19/h2,4-5,7-8,16-18,22-23H,1,3,6,9-15H2. The second-order valence-corrected chi connectivity index (χ2v) is 5.87. The molecular formula is C21H30O2. The molecule has 0 aliphatic heterocycles. The SMILES string of the molecule is C=CCC=CCC=CCCCCCCCc1cc(O)cc(O)c1. The summed E-state index contributed by atoms with van der Waals surface area (Å²) >= 11 is 0. The smallest absolute Gasteiger partial charge is 0.119 e. The fourth-order valence-corrected chi connectivity index (χ4v) is 2.50. The Kier molecular flexibility index (Phi) is 10.4. The minimum Gasteiger partial charge on any atom is -0.508 e. The Morgan fingerprint density at radius 1 is 0.739 bits per heavy atom. The van der Waals surface area contributed by atoms with E-state index in [0.717, 1.165) is 37.7 Å². The van der Waals surface area contributed by atoms with Gasteiger partial charge in [-0.1, -0.05) is 49.6 Å². The number of phenols is 2. The van der Waals surface area contributed by atoms with Gasteiger partial charge in [-0.3, -0.25) is 0 Å². The Bertz CT molecular complexity index is 480. The Morgan fingerprint density at radius 2 is 1.35 bits per heavy atom. The molecule has 0 aliphatic rings. The summed E-state index contributed by atoms with van der Waals surface area (Å²) in [7, 11) is 0. The summed E-state index contributed by atoms with van der Waals surface area (Å²) in [5.74, 6) is 0.289. The maximum absolute atomic E-state index is 9.42. The maximum Gasteiger partial charge on any atom is 0.119 e. The fraction of sp³-hybridized carbons (Fsp3) is 0.429. The number of hydrogen-bond donors (Lipinski definition) is 2. The normalized spacial score (nSPS) is 11.5. The lowest BCUT2D eigenvalue weighted by Gasteiger charge is -2.04. The van der Waals surface area contributed by atoms with Gasteiger partial charge in [0, 0.05) is 6.07 Å². The quantitative estimate of drug-likeness (QED) is 0.363. The van der Waals surface area contributed by atoms with Gasteiger partial charge in [0.1, 0.15) is 11.5 Å². The van der Waals surface area contributed by atoms with Crippen LogP contribution in [0.3, 0.4) is 0 Å². The van der Waals surface area contributed by atoms with Crippen LogP contribution < -0.4 is 0 Å². The summed E-state index contributed by atoms with van der Waals surface area (Å²) in [6, 6.07) is 4.83. The lowest BCUT2D eigenvalue weighted by Crippen LogP contribution is -1.86. The lowest BCUT2D eigenvalue weighted by atomic mass is 10.0. The molecule has 0 aliphatic carbocycles. The van der Waals surface area contributed by atoms with Crippen molar-refractivity contribution in [2.75, 3.05) is 0 Å². The van der Waals surface area contributed by atoms with Gasteiger partial charge in [0.25, 0.3) is 0 Å². The summed E-state index contributed by atoms with van der Waals surface area (Å²) in [6.07, 6.45) is 20.8. The van der Waals surface area contributed by atoms with Gasteiger partial charge in [0.15, 0.2) is 0 Å². The van der Waals surface area contributed by atoms with E-state index in [1.165, 1.54) is 31.7 Å². The second-order valence-electron chi connectivity index (χ2n) is 5.87. The molecule has 2 heteroatoms. The zero-order valence-corrected chi connectivity index (χ0v) is 14.1. The van der Waals surface area contributed by atoms with Crippen molar-refractivity contribution in [3.63, 3.8) is 0 Å². The Hall–Kier alpha value is -1.96. The van der Waals surface area contributed by atoms with Crippen LogP contribution in [-0.4, -0.2) is 10.2 Å². The number of allylic oxidation sites excluding steroid dienone is 5.